The SMILES string of the molecule is CC(F)F.O=C1Nc2cc(Cn3ccc(CO)n3)c(F)cc2[C@H](CCC2CC2)N1. The van der Waals surface area contributed by atoms with Crippen LogP contribution in [0, 0.1) is 11.7 Å². The van der Waals surface area contributed by atoms with E-state index in [-0.39, 0.29) is 31.0 Å². The van der Waals surface area contributed by atoms with Gasteiger partial charge in [-0.25, -0.2) is 18.0 Å². The third-order valence-corrected chi connectivity index (χ3v) is 4.90. The minimum Gasteiger partial charge on any atom is -0.390 e. The average Bonchev–Trinajstić information content (AvgIpc) is 3.37. The Labute approximate surface area is 167 Å². The fourth-order valence-corrected chi connectivity index (χ4v) is 3.33. The molecule has 9 heteroatoms. The second kappa shape index (κ2) is 9.30. The molecular formula is C20H25F3N4O2. The van der Waals surface area contributed by atoms with Crippen molar-refractivity contribution in [3.05, 3.63) is 47.0 Å². The average molecular weight is 410 g/mol. The number of halogens is 3. The number of nitrogens with one attached hydrogen (secondary N) is 2. The van der Waals surface area contributed by atoms with Crippen molar-refractivity contribution in [2.75, 3.05) is 5.32 Å². The molecule has 1 aromatic heterocycles. The van der Waals surface area contributed by atoms with Crippen molar-refractivity contribution in [2.45, 2.75) is 58.2 Å². The van der Waals surface area contributed by atoms with Gasteiger partial charge in [-0.2, -0.15) is 5.10 Å². The Kier molecular flexibility index (Phi) is 6.79. The van der Waals surface area contributed by atoms with E-state index in [4.69, 9.17) is 5.11 Å². The summed E-state index contributed by atoms with van der Waals surface area (Å²) in [6.07, 6.45) is 3.95. The second-order valence-corrected chi connectivity index (χ2v) is 7.38. The summed E-state index contributed by atoms with van der Waals surface area (Å²) >= 11 is 0. The fourth-order valence-electron chi connectivity index (χ4n) is 3.33. The van der Waals surface area contributed by atoms with E-state index >= 15 is 0 Å². The van der Waals surface area contributed by atoms with Crippen molar-refractivity contribution in [2.24, 2.45) is 5.92 Å². The van der Waals surface area contributed by atoms with Crippen LogP contribution in [0.4, 0.5) is 23.7 Å². The molecule has 0 saturated heterocycles. The van der Waals surface area contributed by atoms with Gasteiger partial charge in [0.2, 0.25) is 6.43 Å². The Balaban J connectivity index is 0.000000552. The van der Waals surface area contributed by atoms with Crippen LogP contribution in [-0.4, -0.2) is 27.3 Å². The zero-order valence-corrected chi connectivity index (χ0v) is 16.2. The number of nitrogens with zero attached hydrogens (tertiary/aromatic N) is 2. The van der Waals surface area contributed by atoms with Crippen LogP contribution in [0.3, 0.4) is 0 Å². The molecule has 1 fully saturated rings. The number of hydrogen-bond donors (Lipinski definition) is 3. The van der Waals surface area contributed by atoms with Crippen LogP contribution in [-0.2, 0) is 13.2 Å². The molecule has 2 amide bonds. The van der Waals surface area contributed by atoms with Gasteiger partial charge in [-0.15, -0.1) is 0 Å². The van der Waals surface area contributed by atoms with Crippen molar-refractivity contribution in [3.8, 4) is 0 Å². The lowest BCUT2D eigenvalue weighted by Crippen LogP contribution is -2.38. The molecule has 1 aliphatic heterocycles. The van der Waals surface area contributed by atoms with Crippen LogP contribution < -0.4 is 10.6 Å². The maximum atomic E-state index is 14.6. The molecule has 2 aromatic rings. The number of carbonyl (C=O) groups excluding carboxylic acids is 1. The number of anilines is 1. The molecule has 0 spiro atoms. The topological polar surface area (TPSA) is 79.2 Å². The lowest BCUT2D eigenvalue weighted by molar-refractivity contribution is 0.171. The number of rotatable bonds is 6. The van der Waals surface area contributed by atoms with E-state index in [2.05, 4.69) is 15.7 Å². The monoisotopic (exact) mass is 410 g/mol. The maximum absolute atomic E-state index is 14.6. The highest BCUT2D eigenvalue weighted by Crippen LogP contribution is 2.38. The van der Waals surface area contributed by atoms with E-state index < -0.39 is 6.43 Å². The molecule has 1 aliphatic carbocycles. The zero-order valence-electron chi connectivity index (χ0n) is 16.2. The Bertz CT molecular complexity index is 849. The number of benzene rings is 1. The number of fused-ring (bicyclic) bond motifs is 1. The van der Waals surface area contributed by atoms with Gasteiger partial charge in [0.25, 0.3) is 0 Å². The van der Waals surface area contributed by atoms with E-state index in [1.807, 2.05) is 0 Å². The molecule has 29 heavy (non-hydrogen) atoms. The van der Waals surface area contributed by atoms with Gasteiger partial charge in [0.1, 0.15) is 5.82 Å². The fraction of sp³-hybridized carbons (Fsp3) is 0.500. The van der Waals surface area contributed by atoms with Gasteiger partial charge in [-0.1, -0.05) is 12.8 Å². The standard InChI is InChI=1S/C18H21FN4O2.C2H4F2/c19-15-8-14-16(4-3-11-1-2-11)20-18(25)21-17(14)7-12(15)9-23-6-5-13(10-24)22-23;1-2(3)4/h5-8,11,16,24H,1-4,9-10H2,(H2,20,21,25);2H,1H3/t16-;/m0./s1. The van der Waals surface area contributed by atoms with Gasteiger partial charge >= 0.3 is 6.03 Å². The molecule has 4 rings (SSSR count). The van der Waals surface area contributed by atoms with Crippen molar-refractivity contribution in [1.29, 1.82) is 0 Å². The first-order valence-corrected chi connectivity index (χ1v) is 9.67. The number of urea groups is 1. The normalized spacial score (nSPS) is 17.9. The molecule has 1 saturated carbocycles. The van der Waals surface area contributed by atoms with Crippen LogP contribution in [0.2, 0.25) is 0 Å². The molecule has 2 aliphatic rings. The molecule has 2 heterocycles. The molecule has 6 nitrogen and oxygen atoms in total. The van der Waals surface area contributed by atoms with E-state index in [0.717, 1.165) is 31.2 Å². The van der Waals surface area contributed by atoms with Gasteiger partial charge in [0, 0.05) is 23.0 Å². The van der Waals surface area contributed by atoms with Crippen LogP contribution in [0.15, 0.2) is 24.4 Å². The summed E-state index contributed by atoms with van der Waals surface area (Å²) < 4.78 is 36.8. The lowest BCUT2D eigenvalue weighted by Gasteiger charge is -2.28. The Hall–Kier alpha value is -2.55. The highest BCUT2D eigenvalue weighted by molar-refractivity contribution is 5.93. The minimum absolute atomic E-state index is 0.140. The Morgan fingerprint density at radius 3 is 2.66 bits per heavy atom. The predicted molar refractivity (Wildman–Crippen MR) is 102 cm³/mol. The third-order valence-electron chi connectivity index (χ3n) is 4.90. The summed E-state index contributed by atoms with van der Waals surface area (Å²) in [6.45, 7) is 0.930. The van der Waals surface area contributed by atoms with Crippen LogP contribution in [0.1, 0.15) is 55.5 Å². The number of hydrogen-bond acceptors (Lipinski definition) is 3. The van der Waals surface area contributed by atoms with Crippen LogP contribution in [0.25, 0.3) is 0 Å². The van der Waals surface area contributed by atoms with E-state index in [9.17, 15) is 18.0 Å². The minimum atomic E-state index is -2.17. The molecule has 1 aromatic carbocycles. The van der Waals surface area contributed by atoms with Gasteiger partial charge in [0.05, 0.1) is 24.9 Å². The number of aliphatic hydroxyl groups is 1. The van der Waals surface area contributed by atoms with Gasteiger partial charge in [-0.3, -0.25) is 4.68 Å². The summed E-state index contributed by atoms with van der Waals surface area (Å²) in [6, 6.07) is 4.51. The van der Waals surface area contributed by atoms with Gasteiger partial charge in [-0.05, 0) is 43.9 Å². The van der Waals surface area contributed by atoms with Crippen molar-refractivity contribution in [3.63, 3.8) is 0 Å². The zero-order chi connectivity index (χ0) is 21.0. The predicted octanol–water partition coefficient (Wildman–Crippen LogP) is 4.20. The molecule has 0 bridgehead atoms. The first-order valence-electron chi connectivity index (χ1n) is 9.67. The number of aromatic nitrogens is 2. The van der Waals surface area contributed by atoms with Crippen molar-refractivity contribution < 1.29 is 23.1 Å². The summed E-state index contributed by atoms with van der Waals surface area (Å²) in [5.41, 5.74) is 2.46. The van der Waals surface area contributed by atoms with E-state index in [0.29, 0.717) is 16.9 Å². The Morgan fingerprint density at radius 1 is 1.31 bits per heavy atom. The summed E-state index contributed by atoms with van der Waals surface area (Å²) in [7, 11) is 0. The number of carbonyl (C=O) groups is 1. The smallest absolute Gasteiger partial charge is 0.319 e. The van der Waals surface area contributed by atoms with E-state index in [1.54, 1.807) is 23.0 Å². The molecule has 0 radical (unpaired) electrons. The quantitative estimate of drug-likeness (QED) is 0.668. The number of alkyl halides is 2. The van der Waals surface area contributed by atoms with Crippen molar-refractivity contribution in [1.82, 2.24) is 15.1 Å². The second-order valence-electron chi connectivity index (χ2n) is 7.38. The molecular weight excluding hydrogens is 385 g/mol. The molecule has 3 N–H and O–H groups in total. The molecule has 1 atom stereocenters. The highest BCUT2D eigenvalue weighted by atomic mass is 19.3. The van der Waals surface area contributed by atoms with Crippen LogP contribution >= 0.6 is 0 Å². The van der Waals surface area contributed by atoms with Crippen LogP contribution in [0.5, 0.6) is 0 Å². The molecule has 0 unspecified atom stereocenters. The summed E-state index contributed by atoms with van der Waals surface area (Å²) in [5.74, 6) is 0.453. The van der Waals surface area contributed by atoms with E-state index in [1.165, 1.54) is 18.9 Å². The lowest BCUT2D eigenvalue weighted by atomic mass is 9.95. The summed E-state index contributed by atoms with van der Waals surface area (Å²) in [4.78, 5) is 11.9. The highest BCUT2D eigenvalue weighted by Gasteiger charge is 2.28. The third kappa shape index (κ3) is 5.96. The number of aliphatic hydroxyl groups excluding tert-OH is 1. The largest absolute Gasteiger partial charge is 0.390 e. The maximum Gasteiger partial charge on any atom is 0.319 e. The first kappa shape index (κ1) is 21.2. The number of amides is 2. The first-order chi connectivity index (χ1) is 13.9. The van der Waals surface area contributed by atoms with Crippen molar-refractivity contribution >= 4 is 11.7 Å². The molecule has 158 valence electrons. The Morgan fingerprint density at radius 2 is 2.03 bits per heavy atom. The van der Waals surface area contributed by atoms with Gasteiger partial charge in [0.15, 0.2) is 0 Å². The van der Waals surface area contributed by atoms with Gasteiger partial charge < -0.3 is 15.7 Å². The summed E-state index contributed by atoms with van der Waals surface area (Å²) in [5, 5.41) is 18.9.